The van der Waals surface area contributed by atoms with E-state index in [0.29, 0.717) is 28.4 Å². The van der Waals surface area contributed by atoms with Crippen LogP contribution in [-0.2, 0) is 0 Å². The lowest BCUT2D eigenvalue weighted by Gasteiger charge is -2.13. The van der Waals surface area contributed by atoms with Gasteiger partial charge in [-0.3, -0.25) is 4.79 Å². The molecule has 3 rings (SSSR count). The molecule has 6 nitrogen and oxygen atoms in total. The summed E-state index contributed by atoms with van der Waals surface area (Å²) in [6.45, 7) is 0. The number of para-hydroxylation sites is 1. The molecule has 124 valence electrons. The van der Waals surface area contributed by atoms with Gasteiger partial charge in [-0.25, -0.2) is 0 Å². The number of ether oxygens (including phenoxy) is 3. The van der Waals surface area contributed by atoms with E-state index in [1.165, 1.54) is 27.4 Å². The summed E-state index contributed by atoms with van der Waals surface area (Å²) in [4.78, 5) is 12.5. The summed E-state index contributed by atoms with van der Waals surface area (Å²) in [6, 6.07) is 9.92. The van der Waals surface area contributed by atoms with Crippen molar-refractivity contribution in [2.45, 2.75) is 0 Å². The minimum Gasteiger partial charge on any atom is -0.502 e. The predicted molar refractivity (Wildman–Crippen MR) is 89.2 cm³/mol. The molecule has 24 heavy (non-hydrogen) atoms. The third kappa shape index (κ3) is 2.42. The number of benzene rings is 2. The molecule has 0 aliphatic carbocycles. The molecule has 1 N–H and O–H groups in total. The molecule has 0 saturated heterocycles. The van der Waals surface area contributed by atoms with Crippen LogP contribution in [0.4, 0.5) is 0 Å². The fourth-order valence-corrected chi connectivity index (χ4v) is 2.54. The third-order valence-electron chi connectivity index (χ3n) is 3.72. The molecule has 0 unspecified atom stereocenters. The van der Waals surface area contributed by atoms with Crippen LogP contribution in [0.5, 0.6) is 23.0 Å². The van der Waals surface area contributed by atoms with Crippen molar-refractivity contribution in [3.05, 3.63) is 46.6 Å². The van der Waals surface area contributed by atoms with E-state index >= 15 is 0 Å². The summed E-state index contributed by atoms with van der Waals surface area (Å²) in [7, 11) is 4.48. The first-order valence-electron chi connectivity index (χ1n) is 7.16. The van der Waals surface area contributed by atoms with Gasteiger partial charge in [0.2, 0.25) is 11.2 Å². The molecule has 0 saturated carbocycles. The maximum Gasteiger partial charge on any atom is 0.235 e. The van der Waals surface area contributed by atoms with Gasteiger partial charge in [0.05, 0.1) is 32.3 Å². The van der Waals surface area contributed by atoms with Crippen LogP contribution in [0.25, 0.3) is 22.3 Å². The van der Waals surface area contributed by atoms with E-state index in [-0.39, 0.29) is 11.1 Å². The van der Waals surface area contributed by atoms with Crippen LogP contribution in [0.2, 0.25) is 0 Å². The first kappa shape index (κ1) is 15.7. The highest BCUT2D eigenvalue weighted by molar-refractivity contribution is 5.84. The van der Waals surface area contributed by atoms with Gasteiger partial charge in [-0.1, -0.05) is 6.07 Å². The van der Waals surface area contributed by atoms with E-state index in [4.69, 9.17) is 18.6 Å². The van der Waals surface area contributed by atoms with Gasteiger partial charge in [0.25, 0.3) is 0 Å². The molecule has 0 radical (unpaired) electrons. The Bertz CT molecular complexity index is 958. The molecule has 0 amide bonds. The summed E-state index contributed by atoms with van der Waals surface area (Å²) in [5.41, 5.74) is 0.206. The van der Waals surface area contributed by atoms with E-state index in [2.05, 4.69) is 0 Å². The van der Waals surface area contributed by atoms with E-state index in [1.807, 2.05) is 0 Å². The first-order chi connectivity index (χ1) is 11.6. The Kier molecular flexibility index (Phi) is 4.04. The van der Waals surface area contributed by atoms with Gasteiger partial charge in [0, 0.05) is 0 Å². The molecule has 0 spiro atoms. The summed E-state index contributed by atoms with van der Waals surface area (Å²) < 4.78 is 21.5. The van der Waals surface area contributed by atoms with Gasteiger partial charge < -0.3 is 23.7 Å². The van der Waals surface area contributed by atoms with Gasteiger partial charge in [0.1, 0.15) is 11.3 Å². The van der Waals surface area contributed by atoms with E-state index in [1.54, 1.807) is 30.3 Å². The average molecular weight is 328 g/mol. The van der Waals surface area contributed by atoms with Gasteiger partial charge in [-0.2, -0.15) is 0 Å². The van der Waals surface area contributed by atoms with Crippen molar-refractivity contribution in [1.29, 1.82) is 0 Å². The zero-order chi connectivity index (χ0) is 17.3. The van der Waals surface area contributed by atoms with Crippen molar-refractivity contribution in [3.8, 4) is 34.3 Å². The molecular formula is C18H16O6. The Morgan fingerprint density at radius 2 is 1.79 bits per heavy atom. The number of methoxy groups -OCH3 is 3. The van der Waals surface area contributed by atoms with Crippen molar-refractivity contribution >= 4 is 11.0 Å². The monoisotopic (exact) mass is 328 g/mol. The van der Waals surface area contributed by atoms with Crippen LogP contribution in [-0.4, -0.2) is 26.4 Å². The number of aromatic hydroxyl groups is 1. The number of rotatable bonds is 4. The maximum absolute atomic E-state index is 12.5. The largest absolute Gasteiger partial charge is 0.502 e. The summed E-state index contributed by atoms with van der Waals surface area (Å²) in [5.74, 6) is 0.856. The van der Waals surface area contributed by atoms with Crippen LogP contribution in [0.3, 0.4) is 0 Å². The van der Waals surface area contributed by atoms with Gasteiger partial charge in [0.15, 0.2) is 17.3 Å². The fraction of sp³-hybridized carbons (Fsp3) is 0.167. The van der Waals surface area contributed by atoms with Crippen molar-refractivity contribution in [2.75, 3.05) is 21.3 Å². The highest BCUT2D eigenvalue weighted by atomic mass is 16.5. The minimum absolute atomic E-state index is 0.0217. The Hall–Kier alpha value is -3.15. The smallest absolute Gasteiger partial charge is 0.235 e. The SMILES string of the molecule is COc1ccc2oc(-c3cccc(OC)c3OC)c(O)c(=O)c2c1. The normalized spacial score (nSPS) is 10.6. The highest BCUT2D eigenvalue weighted by Crippen LogP contribution is 2.41. The van der Waals surface area contributed by atoms with Crippen molar-refractivity contribution in [1.82, 2.24) is 0 Å². The van der Waals surface area contributed by atoms with Gasteiger partial charge in [-0.15, -0.1) is 0 Å². The summed E-state index contributed by atoms with van der Waals surface area (Å²) in [5, 5.41) is 10.6. The highest BCUT2D eigenvalue weighted by Gasteiger charge is 2.21. The quantitative estimate of drug-likeness (QED) is 0.792. The summed E-state index contributed by atoms with van der Waals surface area (Å²) in [6.07, 6.45) is 0. The Morgan fingerprint density at radius 3 is 2.46 bits per heavy atom. The van der Waals surface area contributed by atoms with Crippen LogP contribution in [0.1, 0.15) is 0 Å². The van der Waals surface area contributed by atoms with Crippen LogP contribution >= 0.6 is 0 Å². The Balaban J connectivity index is 2.32. The second kappa shape index (κ2) is 6.16. The van der Waals surface area contributed by atoms with Crippen LogP contribution in [0, 0.1) is 0 Å². The maximum atomic E-state index is 12.5. The molecule has 3 aromatic rings. The Labute approximate surface area is 137 Å². The second-order valence-electron chi connectivity index (χ2n) is 5.01. The third-order valence-corrected chi connectivity index (χ3v) is 3.72. The fourth-order valence-electron chi connectivity index (χ4n) is 2.54. The second-order valence-corrected chi connectivity index (χ2v) is 5.01. The molecule has 6 heteroatoms. The summed E-state index contributed by atoms with van der Waals surface area (Å²) >= 11 is 0. The predicted octanol–water partition coefficient (Wildman–Crippen LogP) is 3.19. The van der Waals surface area contributed by atoms with Crippen molar-refractivity contribution in [2.24, 2.45) is 0 Å². The van der Waals surface area contributed by atoms with Crippen molar-refractivity contribution in [3.63, 3.8) is 0 Å². The molecule has 0 aliphatic rings. The zero-order valence-corrected chi connectivity index (χ0v) is 13.5. The van der Waals surface area contributed by atoms with Crippen LogP contribution < -0.4 is 19.6 Å². The van der Waals surface area contributed by atoms with Gasteiger partial charge in [-0.05, 0) is 30.3 Å². The van der Waals surface area contributed by atoms with E-state index in [0.717, 1.165) is 0 Å². The lowest BCUT2D eigenvalue weighted by molar-refractivity contribution is 0.354. The zero-order valence-electron chi connectivity index (χ0n) is 13.5. The van der Waals surface area contributed by atoms with Gasteiger partial charge >= 0.3 is 0 Å². The van der Waals surface area contributed by atoms with E-state index in [9.17, 15) is 9.90 Å². The molecule has 0 fully saturated rings. The molecule has 0 bridgehead atoms. The lowest BCUT2D eigenvalue weighted by atomic mass is 10.1. The number of hydrogen-bond donors (Lipinski definition) is 1. The molecule has 0 atom stereocenters. The molecule has 1 heterocycles. The Morgan fingerprint density at radius 1 is 1.00 bits per heavy atom. The van der Waals surface area contributed by atoms with Crippen LogP contribution in [0.15, 0.2) is 45.6 Å². The topological polar surface area (TPSA) is 78.1 Å². The number of hydrogen-bond acceptors (Lipinski definition) is 6. The minimum atomic E-state index is -0.546. The number of fused-ring (bicyclic) bond motifs is 1. The molecule has 1 aromatic heterocycles. The molecule has 0 aliphatic heterocycles. The van der Waals surface area contributed by atoms with E-state index < -0.39 is 11.2 Å². The lowest BCUT2D eigenvalue weighted by Crippen LogP contribution is -2.03. The molecule has 2 aromatic carbocycles. The average Bonchev–Trinajstić information content (AvgIpc) is 2.63. The molecular weight excluding hydrogens is 312 g/mol. The first-order valence-corrected chi connectivity index (χ1v) is 7.16. The van der Waals surface area contributed by atoms with Crippen molar-refractivity contribution < 1.29 is 23.7 Å². The standard InChI is InChI=1S/C18H16O6/c1-21-10-7-8-13-12(9-10)15(19)16(20)18(24-13)11-5-4-6-14(22-2)17(11)23-3/h4-9,20H,1-3H3.